The molecule has 0 aliphatic carbocycles. The highest BCUT2D eigenvalue weighted by atomic mass is 32.1. The normalized spacial score (nSPS) is 7.54. The zero-order chi connectivity index (χ0) is 7.40. The van der Waals surface area contributed by atoms with Crippen LogP contribution in [0.2, 0.25) is 0 Å². The monoisotopic (exact) mass is 212 g/mol. The molecule has 78 valence electrons. The van der Waals surface area contributed by atoms with Gasteiger partial charge in [0, 0.05) is 4.90 Å². The second-order valence-electron chi connectivity index (χ2n) is 2.38. The van der Waals surface area contributed by atoms with Crippen molar-refractivity contribution in [3.05, 3.63) is 29.8 Å². The Bertz CT molecular complexity index is 216. The van der Waals surface area contributed by atoms with Crippen molar-refractivity contribution in [1.29, 1.82) is 0 Å². The van der Waals surface area contributed by atoms with E-state index in [1.165, 1.54) is 12.0 Å². The van der Waals surface area contributed by atoms with E-state index in [4.69, 9.17) is 0 Å². The molecule has 0 aliphatic rings. The third kappa shape index (κ3) is 5.58. The van der Waals surface area contributed by atoms with E-state index in [0.29, 0.717) is 0 Å². The molecule has 0 fully saturated rings. The fraction of sp³-hybridized carbons (Fsp3) is 0.333. The minimum atomic E-state index is 0. The SMILES string of the molecule is CCCc1ccccc1S.F.F.F. The third-order valence-electron chi connectivity index (χ3n) is 1.51. The van der Waals surface area contributed by atoms with Gasteiger partial charge in [0.25, 0.3) is 0 Å². The quantitative estimate of drug-likeness (QED) is 0.714. The summed E-state index contributed by atoms with van der Waals surface area (Å²) < 4.78 is 0. The summed E-state index contributed by atoms with van der Waals surface area (Å²) in [5.74, 6) is 0. The van der Waals surface area contributed by atoms with E-state index in [0.717, 1.165) is 11.3 Å². The van der Waals surface area contributed by atoms with Gasteiger partial charge in [0.05, 0.1) is 0 Å². The maximum Gasteiger partial charge on any atom is 0.00720 e. The average molecular weight is 212 g/mol. The van der Waals surface area contributed by atoms with Gasteiger partial charge in [0.15, 0.2) is 0 Å². The first-order valence-electron chi connectivity index (χ1n) is 3.61. The zero-order valence-electron chi connectivity index (χ0n) is 7.40. The smallest absolute Gasteiger partial charge is 0.00720 e. The van der Waals surface area contributed by atoms with Crippen LogP contribution in [0.1, 0.15) is 18.9 Å². The van der Waals surface area contributed by atoms with Crippen molar-refractivity contribution >= 4 is 12.6 Å². The van der Waals surface area contributed by atoms with Crippen molar-refractivity contribution in [2.45, 2.75) is 24.7 Å². The fourth-order valence-electron chi connectivity index (χ4n) is 0.992. The van der Waals surface area contributed by atoms with Crippen molar-refractivity contribution < 1.29 is 14.1 Å². The van der Waals surface area contributed by atoms with Gasteiger partial charge in [0.2, 0.25) is 0 Å². The van der Waals surface area contributed by atoms with Gasteiger partial charge in [-0.1, -0.05) is 31.5 Å². The first-order chi connectivity index (χ1) is 4.84. The molecule has 0 atom stereocenters. The van der Waals surface area contributed by atoms with Crippen LogP contribution in [0, 0.1) is 0 Å². The largest absolute Gasteiger partial charge is 0.269 e. The lowest BCUT2D eigenvalue weighted by Gasteiger charge is -2.00. The van der Waals surface area contributed by atoms with Crippen molar-refractivity contribution in [2.24, 2.45) is 0 Å². The summed E-state index contributed by atoms with van der Waals surface area (Å²) in [6.45, 7) is 2.18. The molecule has 0 bridgehead atoms. The Kier molecular flexibility index (Phi) is 13.2. The van der Waals surface area contributed by atoms with Crippen LogP contribution in [0.5, 0.6) is 0 Å². The summed E-state index contributed by atoms with van der Waals surface area (Å²) in [5, 5.41) is 0. The minimum Gasteiger partial charge on any atom is -0.269 e. The molecule has 1 rings (SSSR count). The van der Waals surface area contributed by atoms with Crippen LogP contribution < -0.4 is 0 Å². The number of rotatable bonds is 2. The molecule has 0 heterocycles. The van der Waals surface area contributed by atoms with Crippen LogP contribution >= 0.6 is 12.6 Å². The third-order valence-corrected chi connectivity index (χ3v) is 1.95. The lowest BCUT2D eigenvalue weighted by molar-refractivity contribution is 0.901. The standard InChI is InChI=1S/C9H12S.3FH/c1-2-5-8-6-3-4-7-9(8)10;;;/h3-4,6-7,10H,2,5H2,1H3;3*1H. The van der Waals surface area contributed by atoms with Gasteiger partial charge in [-0.2, -0.15) is 0 Å². The molecule has 0 unspecified atom stereocenters. The first-order valence-corrected chi connectivity index (χ1v) is 4.06. The van der Waals surface area contributed by atoms with E-state index in [-0.39, 0.29) is 14.1 Å². The van der Waals surface area contributed by atoms with Crippen LogP contribution in [-0.4, -0.2) is 0 Å². The maximum atomic E-state index is 4.33. The van der Waals surface area contributed by atoms with Crippen LogP contribution in [0.4, 0.5) is 14.1 Å². The summed E-state index contributed by atoms with van der Waals surface area (Å²) in [4.78, 5) is 1.12. The lowest BCUT2D eigenvalue weighted by atomic mass is 10.1. The highest BCUT2D eigenvalue weighted by Gasteiger charge is 1.93. The number of halogens is 3. The Morgan fingerprint density at radius 3 is 2.08 bits per heavy atom. The molecule has 0 spiro atoms. The van der Waals surface area contributed by atoms with Crippen LogP contribution in [0.3, 0.4) is 0 Å². The molecule has 1 aromatic rings. The minimum absolute atomic E-state index is 0. The van der Waals surface area contributed by atoms with Gasteiger partial charge < -0.3 is 0 Å². The lowest BCUT2D eigenvalue weighted by Crippen LogP contribution is -1.83. The molecule has 0 aliphatic heterocycles. The average Bonchev–Trinajstić information content (AvgIpc) is 1.94. The Morgan fingerprint density at radius 1 is 1.08 bits per heavy atom. The molecule has 0 saturated carbocycles. The van der Waals surface area contributed by atoms with Crippen molar-refractivity contribution in [2.75, 3.05) is 0 Å². The molecule has 0 N–H and O–H groups in total. The highest BCUT2D eigenvalue weighted by Crippen LogP contribution is 2.13. The van der Waals surface area contributed by atoms with Crippen LogP contribution in [0.25, 0.3) is 0 Å². The van der Waals surface area contributed by atoms with Crippen molar-refractivity contribution in [3.63, 3.8) is 0 Å². The number of aryl methyl sites for hydroxylation is 1. The predicted molar refractivity (Wildman–Crippen MR) is 55.2 cm³/mol. The van der Waals surface area contributed by atoms with Gasteiger partial charge in [0.1, 0.15) is 0 Å². The predicted octanol–water partition coefficient (Wildman–Crippen LogP) is 3.39. The molecule has 1 aromatic carbocycles. The maximum absolute atomic E-state index is 4.33. The van der Waals surface area contributed by atoms with E-state index in [2.05, 4.69) is 31.7 Å². The number of hydrogen-bond donors (Lipinski definition) is 1. The molecule has 4 heteroatoms. The Labute approximate surface area is 81.9 Å². The zero-order valence-corrected chi connectivity index (χ0v) is 8.29. The van der Waals surface area contributed by atoms with Crippen LogP contribution in [0.15, 0.2) is 29.2 Å². The number of benzene rings is 1. The Balaban J connectivity index is -0.000000333. The van der Waals surface area contributed by atoms with Gasteiger partial charge in [-0.25, -0.2) is 0 Å². The van der Waals surface area contributed by atoms with E-state index in [9.17, 15) is 0 Å². The van der Waals surface area contributed by atoms with Gasteiger partial charge in [-0.3, -0.25) is 14.1 Å². The van der Waals surface area contributed by atoms with E-state index >= 15 is 0 Å². The summed E-state index contributed by atoms with van der Waals surface area (Å²) in [5.41, 5.74) is 1.35. The molecular formula is C9H15F3S. The van der Waals surface area contributed by atoms with Crippen molar-refractivity contribution in [1.82, 2.24) is 0 Å². The molecule has 13 heavy (non-hydrogen) atoms. The Morgan fingerprint density at radius 2 is 1.62 bits per heavy atom. The molecular weight excluding hydrogens is 197 g/mol. The molecule has 0 aromatic heterocycles. The second kappa shape index (κ2) is 9.45. The van der Waals surface area contributed by atoms with Crippen molar-refractivity contribution in [3.8, 4) is 0 Å². The fourth-order valence-corrected chi connectivity index (χ4v) is 1.26. The molecule has 0 amide bonds. The Hall–Kier alpha value is -0.640. The second-order valence-corrected chi connectivity index (χ2v) is 2.86. The number of thiol groups is 1. The molecule has 0 radical (unpaired) electrons. The van der Waals surface area contributed by atoms with E-state index in [1.54, 1.807) is 0 Å². The van der Waals surface area contributed by atoms with Gasteiger partial charge in [-0.05, 0) is 18.1 Å². The van der Waals surface area contributed by atoms with Crippen LogP contribution in [-0.2, 0) is 6.42 Å². The molecule has 0 nitrogen and oxygen atoms in total. The van der Waals surface area contributed by atoms with E-state index in [1.807, 2.05) is 12.1 Å². The van der Waals surface area contributed by atoms with Gasteiger partial charge >= 0.3 is 0 Å². The highest BCUT2D eigenvalue weighted by molar-refractivity contribution is 7.80. The summed E-state index contributed by atoms with van der Waals surface area (Å²) in [6.07, 6.45) is 2.33. The van der Waals surface area contributed by atoms with Gasteiger partial charge in [-0.15, -0.1) is 12.6 Å². The first kappa shape index (κ1) is 18.2. The summed E-state index contributed by atoms with van der Waals surface area (Å²) in [6, 6.07) is 8.24. The van der Waals surface area contributed by atoms with E-state index < -0.39 is 0 Å². The summed E-state index contributed by atoms with van der Waals surface area (Å²) >= 11 is 4.33. The number of hydrogen-bond acceptors (Lipinski definition) is 1. The topological polar surface area (TPSA) is 0 Å². The molecule has 0 saturated heterocycles. The summed E-state index contributed by atoms with van der Waals surface area (Å²) in [7, 11) is 0.